The number of ether oxygens (including phenoxy) is 2. The third kappa shape index (κ3) is 4.86. The number of sulfone groups is 1. The van der Waals surface area contributed by atoms with Crippen LogP contribution in [0, 0.1) is 0 Å². The number of benzene rings is 2. The fourth-order valence-corrected chi connectivity index (χ4v) is 6.10. The molecule has 2 N–H and O–H groups in total. The summed E-state index contributed by atoms with van der Waals surface area (Å²) in [6.07, 6.45) is 4.93. The Bertz CT molecular complexity index is 1200. The molecule has 1 aliphatic heterocycles. The predicted molar refractivity (Wildman–Crippen MR) is 124 cm³/mol. The molecule has 0 radical (unpaired) electrons. The Morgan fingerprint density at radius 1 is 1.06 bits per heavy atom. The van der Waals surface area contributed by atoms with Crippen LogP contribution in [0.2, 0.25) is 0 Å². The van der Waals surface area contributed by atoms with Crippen LogP contribution < -0.4 is 10.2 Å². The van der Waals surface area contributed by atoms with Gasteiger partial charge < -0.3 is 13.9 Å². The van der Waals surface area contributed by atoms with E-state index in [2.05, 4.69) is 12.1 Å². The third-order valence-electron chi connectivity index (χ3n) is 6.12. The van der Waals surface area contributed by atoms with E-state index < -0.39 is 20.5 Å². The van der Waals surface area contributed by atoms with Crippen LogP contribution in [-0.2, 0) is 25.8 Å². The molecular formula is C25H27NO7S. The number of hydrogen-bond acceptors (Lipinski definition) is 7. The molecule has 2 heterocycles. The molecule has 0 saturated carbocycles. The molecule has 1 aliphatic rings. The highest BCUT2D eigenvalue weighted by molar-refractivity contribution is 7.93. The van der Waals surface area contributed by atoms with E-state index in [1.54, 1.807) is 24.7 Å². The minimum atomic E-state index is -4.05. The normalized spacial score (nSPS) is 15.6. The summed E-state index contributed by atoms with van der Waals surface area (Å²) in [5, 5.41) is 9.14. The van der Waals surface area contributed by atoms with Gasteiger partial charge in [0.25, 0.3) is 5.91 Å². The molecule has 180 valence electrons. The summed E-state index contributed by atoms with van der Waals surface area (Å²) < 4.78 is 41.0. The monoisotopic (exact) mass is 485 g/mol. The number of carbonyl (C=O) groups is 1. The van der Waals surface area contributed by atoms with Gasteiger partial charge in [0, 0.05) is 18.8 Å². The van der Waals surface area contributed by atoms with E-state index in [4.69, 9.17) is 19.1 Å². The van der Waals surface area contributed by atoms with E-state index in [-0.39, 0.29) is 31.0 Å². The van der Waals surface area contributed by atoms with Crippen LogP contribution in [0.3, 0.4) is 0 Å². The van der Waals surface area contributed by atoms with Crippen LogP contribution in [0.15, 0.2) is 76.4 Å². The maximum Gasteiger partial charge on any atom is 0.265 e. The second-order valence-electron chi connectivity index (χ2n) is 8.19. The van der Waals surface area contributed by atoms with Gasteiger partial charge in [-0.15, -0.1) is 0 Å². The van der Waals surface area contributed by atoms with Crippen LogP contribution in [-0.4, -0.2) is 44.1 Å². The van der Waals surface area contributed by atoms with Crippen molar-refractivity contribution < 1.29 is 32.3 Å². The first-order valence-electron chi connectivity index (χ1n) is 11.1. The Balaban J connectivity index is 1.36. The summed E-state index contributed by atoms with van der Waals surface area (Å²) in [6, 6.07) is 16.2. The lowest BCUT2D eigenvalue weighted by Gasteiger charge is -2.34. The smallest absolute Gasteiger partial charge is 0.265 e. The fourth-order valence-electron chi connectivity index (χ4n) is 4.16. The Morgan fingerprint density at radius 2 is 1.82 bits per heavy atom. The van der Waals surface area contributed by atoms with Crippen molar-refractivity contribution in [2.24, 2.45) is 0 Å². The second kappa shape index (κ2) is 10.4. The van der Waals surface area contributed by atoms with E-state index in [1.807, 2.05) is 18.2 Å². The summed E-state index contributed by atoms with van der Waals surface area (Å²) >= 11 is 0. The van der Waals surface area contributed by atoms with Gasteiger partial charge in [0.15, 0.2) is 14.6 Å². The van der Waals surface area contributed by atoms with E-state index in [1.165, 1.54) is 23.2 Å². The molecule has 3 aromatic rings. The summed E-state index contributed by atoms with van der Waals surface area (Å²) in [4.78, 5) is 12.3. The standard InChI is InChI=1S/C25H27NO7S/c27-24(26-28)25(11-15-31-16-12-25)34(29,30)23-8-6-22(7-9-23)33-13-2-4-19-3-1-5-20(17-19)21-10-14-32-18-21/h1,3,5-10,14,17-18,28H,2,4,11-13,15-16H2,(H,26,27). The fraction of sp³-hybridized carbons (Fsp3) is 0.320. The van der Waals surface area contributed by atoms with Gasteiger partial charge in [-0.05, 0) is 67.1 Å². The average molecular weight is 486 g/mol. The van der Waals surface area contributed by atoms with E-state index in [0.29, 0.717) is 12.4 Å². The molecule has 0 spiro atoms. The summed E-state index contributed by atoms with van der Waals surface area (Å²) in [7, 11) is -4.05. The number of furan rings is 1. The topological polar surface area (TPSA) is 115 Å². The minimum absolute atomic E-state index is 0.00131. The van der Waals surface area contributed by atoms with Crippen molar-refractivity contribution in [3.05, 3.63) is 72.7 Å². The van der Waals surface area contributed by atoms with Gasteiger partial charge >= 0.3 is 0 Å². The summed E-state index contributed by atoms with van der Waals surface area (Å²) in [6.45, 7) is 0.716. The molecule has 9 heteroatoms. The Hall–Kier alpha value is -3.14. The van der Waals surface area contributed by atoms with Crippen molar-refractivity contribution >= 4 is 15.7 Å². The first-order chi connectivity index (χ1) is 16.5. The zero-order valence-corrected chi connectivity index (χ0v) is 19.4. The molecule has 2 aromatic carbocycles. The number of aryl methyl sites for hydroxylation is 1. The number of hydrogen-bond donors (Lipinski definition) is 2. The predicted octanol–water partition coefficient (Wildman–Crippen LogP) is 3.79. The van der Waals surface area contributed by atoms with E-state index in [9.17, 15) is 13.2 Å². The average Bonchev–Trinajstić information content (AvgIpc) is 3.42. The van der Waals surface area contributed by atoms with Gasteiger partial charge in [0.1, 0.15) is 5.75 Å². The highest BCUT2D eigenvalue weighted by Crippen LogP contribution is 2.35. The highest BCUT2D eigenvalue weighted by Gasteiger charge is 2.52. The zero-order valence-electron chi connectivity index (χ0n) is 18.6. The lowest BCUT2D eigenvalue weighted by Crippen LogP contribution is -2.54. The largest absolute Gasteiger partial charge is 0.494 e. The van der Waals surface area contributed by atoms with Crippen molar-refractivity contribution in [1.82, 2.24) is 5.48 Å². The molecule has 0 aliphatic carbocycles. The molecule has 0 unspecified atom stereocenters. The van der Waals surface area contributed by atoms with Crippen molar-refractivity contribution in [3.63, 3.8) is 0 Å². The van der Waals surface area contributed by atoms with Crippen LogP contribution in [0.1, 0.15) is 24.8 Å². The molecule has 0 atom stereocenters. The summed E-state index contributed by atoms with van der Waals surface area (Å²) in [5.74, 6) is -0.397. The SMILES string of the molecule is O=C(NO)C1(S(=O)(=O)c2ccc(OCCCc3cccc(-c4ccoc4)c3)cc2)CCOCC1. The van der Waals surface area contributed by atoms with E-state index in [0.717, 1.165) is 24.0 Å². The van der Waals surface area contributed by atoms with Crippen LogP contribution >= 0.6 is 0 Å². The van der Waals surface area contributed by atoms with Crippen molar-refractivity contribution in [3.8, 4) is 16.9 Å². The molecule has 1 aromatic heterocycles. The molecule has 8 nitrogen and oxygen atoms in total. The number of rotatable bonds is 9. The molecular weight excluding hydrogens is 458 g/mol. The number of amides is 1. The third-order valence-corrected chi connectivity index (χ3v) is 8.64. The maximum absolute atomic E-state index is 13.3. The van der Waals surface area contributed by atoms with Gasteiger partial charge in [0.05, 0.1) is 24.0 Å². The molecule has 4 rings (SSSR count). The van der Waals surface area contributed by atoms with Crippen LogP contribution in [0.4, 0.5) is 0 Å². The number of nitrogens with one attached hydrogen (secondary N) is 1. The maximum atomic E-state index is 13.3. The van der Waals surface area contributed by atoms with Crippen LogP contribution in [0.25, 0.3) is 11.1 Å². The quantitative estimate of drug-likeness (QED) is 0.269. The first kappa shape index (κ1) is 24.0. The lowest BCUT2D eigenvalue weighted by molar-refractivity contribution is -0.134. The van der Waals surface area contributed by atoms with Crippen molar-refractivity contribution in [1.29, 1.82) is 0 Å². The highest BCUT2D eigenvalue weighted by atomic mass is 32.2. The Labute approximate surface area is 198 Å². The van der Waals surface area contributed by atoms with Crippen molar-refractivity contribution in [2.45, 2.75) is 35.3 Å². The molecule has 34 heavy (non-hydrogen) atoms. The molecule has 1 amide bonds. The van der Waals surface area contributed by atoms with Gasteiger partial charge in [-0.25, -0.2) is 13.9 Å². The summed E-state index contributed by atoms with van der Waals surface area (Å²) in [5.41, 5.74) is 4.84. The Morgan fingerprint density at radius 3 is 2.50 bits per heavy atom. The van der Waals surface area contributed by atoms with E-state index >= 15 is 0 Å². The Kier molecular flexibility index (Phi) is 7.35. The van der Waals surface area contributed by atoms with Gasteiger partial charge in [0.2, 0.25) is 0 Å². The van der Waals surface area contributed by atoms with Gasteiger partial charge in [-0.3, -0.25) is 10.0 Å². The minimum Gasteiger partial charge on any atom is -0.494 e. The first-order valence-corrected chi connectivity index (χ1v) is 12.6. The number of hydroxylamine groups is 1. The van der Waals surface area contributed by atoms with Crippen molar-refractivity contribution in [2.75, 3.05) is 19.8 Å². The van der Waals surface area contributed by atoms with Crippen LogP contribution in [0.5, 0.6) is 5.75 Å². The van der Waals surface area contributed by atoms with Gasteiger partial charge in [-0.2, -0.15) is 0 Å². The second-order valence-corrected chi connectivity index (χ2v) is 10.4. The number of carbonyl (C=O) groups excluding carboxylic acids is 1. The lowest BCUT2D eigenvalue weighted by atomic mass is 9.98. The zero-order chi connectivity index (χ0) is 24.0. The molecule has 1 fully saturated rings. The molecule has 1 saturated heterocycles. The van der Waals surface area contributed by atoms with Gasteiger partial charge in [-0.1, -0.05) is 24.3 Å². The molecule has 0 bridgehead atoms.